The van der Waals surface area contributed by atoms with E-state index in [-0.39, 0.29) is 17.5 Å². The molecular formula is C15H14F3N. The minimum absolute atomic E-state index is 0.0869. The van der Waals surface area contributed by atoms with Gasteiger partial charge >= 0.3 is 0 Å². The van der Waals surface area contributed by atoms with Gasteiger partial charge in [-0.3, -0.25) is 0 Å². The Hall–Kier alpha value is -1.97. The highest BCUT2D eigenvalue weighted by molar-refractivity contribution is 5.45. The maximum absolute atomic E-state index is 13.5. The van der Waals surface area contributed by atoms with Crippen molar-refractivity contribution in [3.05, 3.63) is 65.5 Å². The van der Waals surface area contributed by atoms with E-state index >= 15 is 0 Å². The molecule has 0 aromatic heterocycles. The summed E-state index contributed by atoms with van der Waals surface area (Å²) in [5.74, 6) is -1.33. The van der Waals surface area contributed by atoms with Gasteiger partial charge in [0, 0.05) is 6.04 Å². The zero-order valence-corrected chi connectivity index (χ0v) is 10.5. The summed E-state index contributed by atoms with van der Waals surface area (Å²) < 4.78 is 39.9. The number of nitrogens with one attached hydrogen (secondary N) is 1. The van der Waals surface area contributed by atoms with Crippen LogP contribution in [0.25, 0.3) is 0 Å². The maximum atomic E-state index is 13.5. The Morgan fingerprint density at radius 2 is 1.74 bits per heavy atom. The topological polar surface area (TPSA) is 12.0 Å². The lowest BCUT2D eigenvalue weighted by molar-refractivity contribution is 0.592. The summed E-state index contributed by atoms with van der Waals surface area (Å²) in [5, 5.41) is 2.85. The first-order valence-electron chi connectivity index (χ1n) is 6.01. The smallest absolute Gasteiger partial charge is 0.146 e. The third kappa shape index (κ3) is 3.50. The van der Waals surface area contributed by atoms with Gasteiger partial charge in [-0.05, 0) is 43.2 Å². The molecule has 0 aliphatic rings. The highest BCUT2D eigenvalue weighted by Crippen LogP contribution is 2.18. The standard InChI is InChI=1S/C15H14F3N/c1-10(8-11-4-2-3-5-13(11)17)19-15-9-12(16)6-7-14(15)18/h2-7,9-10,19H,8H2,1H3. The molecule has 0 bridgehead atoms. The van der Waals surface area contributed by atoms with E-state index in [9.17, 15) is 13.2 Å². The zero-order valence-electron chi connectivity index (χ0n) is 10.5. The molecular weight excluding hydrogens is 251 g/mol. The Morgan fingerprint density at radius 3 is 2.47 bits per heavy atom. The van der Waals surface area contributed by atoms with Gasteiger partial charge in [0.15, 0.2) is 0 Å². The molecule has 2 rings (SSSR count). The van der Waals surface area contributed by atoms with Gasteiger partial charge < -0.3 is 5.32 Å². The molecule has 0 spiro atoms. The molecule has 4 heteroatoms. The Morgan fingerprint density at radius 1 is 1.00 bits per heavy atom. The lowest BCUT2D eigenvalue weighted by Crippen LogP contribution is -2.19. The first-order chi connectivity index (χ1) is 9.06. The molecule has 19 heavy (non-hydrogen) atoms. The molecule has 100 valence electrons. The van der Waals surface area contributed by atoms with E-state index in [1.54, 1.807) is 25.1 Å². The average Bonchev–Trinajstić information content (AvgIpc) is 2.37. The van der Waals surface area contributed by atoms with Crippen molar-refractivity contribution in [2.75, 3.05) is 5.32 Å². The van der Waals surface area contributed by atoms with E-state index in [0.717, 1.165) is 18.2 Å². The van der Waals surface area contributed by atoms with E-state index in [1.807, 2.05) is 0 Å². The lowest BCUT2D eigenvalue weighted by Gasteiger charge is -2.16. The van der Waals surface area contributed by atoms with Crippen molar-refractivity contribution in [1.29, 1.82) is 0 Å². The summed E-state index contributed by atoms with van der Waals surface area (Å²) in [7, 11) is 0. The van der Waals surface area contributed by atoms with Crippen molar-refractivity contribution in [2.24, 2.45) is 0 Å². The molecule has 0 amide bonds. The number of hydrogen-bond donors (Lipinski definition) is 1. The summed E-state index contributed by atoms with van der Waals surface area (Å²) in [5.41, 5.74) is 0.628. The monoisotopic (exact) mass is 265 g/mol. The Kier molecular flexibility index (Phi) is 4.10. The van der Waals surface area contributed by atoms with Crippen LogP contribution in [0.1, 0.15) is 12.5 Å². The quantitative estimate of drug-likeness (QED) is 0.875. The molecule has 0 saturated carbocycles. The minimum Gasteiger partial charge on any atom is -0.380 e. The molecule has 1 unspecified atom stereocenters. The summed E-state index contributed by atoms with van der Waals surface area (Å²) in [4.78, 5) is 0. The molecule has 2 aromatic carbocycles. The van der Waals surface area contributed by atoms with Crippen LogP contribution in [0, 0.1) is 17.5 Å². The van der Waals surface area contributed by atoms with Crippen LogP contribution in [0.3, 0.4) is 0 Å². The normalized spacial score (nSPS) is 12.2. The third-order valence-electron chi connectivity index (χ3n) is 2.81. The molecule has 0 fully saturated rings. The van der Waals surface area contributed by atoms with Gasteiger partial charge in [-0.1, -0.05) is 18.2 Å². The predicted molar refractivity (Wildman–Crippen MR) is 69.5 cm³/mol. The summed E-state index contributed by atoms with van der Waals surface area (Å²) >= 11 is 0. The fourth-order valence-corrected chi connectivity index (χ4v) is 1.92. The Balaban J connectivity index is 2.07. The molecule has 0 saturated heterocycles. The van der Waals surface area contributed by atoms with Crippen molar-refractivity contribution in [3.63, 3.8) is 0 Å². The molecule has 0 aliphatic carbocycles. The second-order valence-corrected chi connectivity index (χ2v) is 4.47. The highest BCUT2D eigenvalue weighted by Gasteiger charge is 2.10. The van der Waals surface area contributed by atoms with Gasteiger partial charge in [-0.15, -0.1) is 0 Å². The van der Waals surface area contributed by atoms with E-state index in [2.05, 4.69) is 5.32 Å². The van der Waals surface area contributed by atoms with Crippen molar-refractivity contribution >= 4 is 5.69 Å². The van der Waals surface area contributed by atoms with Crippen LogP contribution in [0.5, 0.6) is 0 Å². The van der Waals surface area contributed by atoms with Gasteiger partial charge in [0.1, 0.15) is 17.5 Å². The third-order valence-corrected chi connectivity index (χ3v) is 2.81. The van der Waals surface area contributed by atoms with E-state index < -0.39 is 11.6 Å². The number of hydrogen-bond acceptors (Lipinski definition) is 1. The molecule has 0 radical (unpaired) electrons. The molecule has 2 aromatic rings. The van der Waals surface area contributed by atoms with E-state index in [0.29, 0.717) is 12.0 Å². The number of benzene rings is 2. The average molecular weight is 265 g/mol. The molecule has 1 atom stereocenters. The van der Waals surface area contributed by atoms with Crippen molar-refractivity contribution in [1.82, 2.24) is 0 Å². The van der Waals surface area contributed by atoms with Crippen LogP contribution in [0.4, 0.5) is 18.9 Å². The number of rotatable bonds is 4. The van der Waals surface area contributed by atoms with Gasteiger partial charge in [-0.25, -0.2) is 13.2 Å². The Labute approximate surface area is 110 Å². The number of anilines is 1. The van der Waals surface area contributed by atoms with Gasteiger partial charge in [0.2, 0.25) is 0 Å². The second-order valence-electron chi connectivity index (χ2n) is 4.47. The van der Waals surface area contributed by atoms with Crippen LogP contribution in [0.2, 0.25) is 0 Å². The van der Waals surface area contributed by atoms with Crippen molar-refractivity contribution in [3.8, 4) is 0 Å². The van der Waals surface area contributed by atoms with E-state index in [4.69, 9.17) is 0 Å². The maximum Gasteiger partial charge on any atom is 0.146 e. The lowest BCUT2D eigenvalue weighted by atomic mass is 10.1. The van der Waals surface area contributed by atoms with Gasteiger partial charge in [-0.2, -0.15) is 0 Å². The summed E-state index contributed by atoms with van der Waals surface area (Å²) in [6.07, 6.45) is 0.391. The minimum atomic E-state index is -0.526. The molecule has 1 nitrogen and oxygen atoms in total. The second kappa shape index (κ2) is 5.78. The zero-order chi connectivity index (χ0) is 13.8. The van der Waals surface area contributed by atoms with Crippen molar-refractivity contribution < 1.29 is 13.2 Å². The predicted octanol–water partition coefficient (Wildman–Crippen LogP) is 4.15. The fourth-order valence-electron chi connectivity index (χ4n) is 1.92. The molecule has 0 heterocycles. The van der Waals surface area contributed by atoms with Gasteiger partial charge in [0.05, 0.1) is 5.69 Å². The largest absolute Gasteiger partial charge is 0.380 e. The van der Waals surface area contributed by atoms with Crippen LogP contribution in [-0.2, 0) is 6.42 Å². The molecule has 1 N–H and O–H groups in total. The van der Waals surface area contributed by atoms with Crippen LogP contribution >= 0.6 is 0 Å². The number of halogens is 3. The highest BCUT2D eigenvalue weighted by atomic mass is 19.1. The SMILES string of the molecule is CC(Cc1ccccc1F)Nc1cc(F)ccc1F. The van der Waals surface area contributed by atoms with Crippen LogP contribution in [-0.4, -0.2) is 6.04 Å². The molecule has 0 aliphatic heterocycles. The first kappa shape index (κ1) is 13.5. The van der Waals surface area contributed by atoms with Crippen LogP contribution in [0.15, 0.2) is 42.5 Å². The van der Waals surface area contributed by atoms with E-state index in [1.165, 1.54) is 6.07 Å². The van der Waals surface area contributed by atoms with Crippen molar-refractivity contribution in [2.45, 2.75) is 19.4 Å². The summed E-state index contributed by atoms with van der Waals surface area (Å²) in [6, 6.07) is 9.41. The van der Waals surface area contributed by atoms with Gasteiger partial charge in [0.25, 0.3) is 0 Å². The summed E-state index contributed by atoms with van der Waals surface area (Å²) in [6.45, 7) is 1.79. The first-order valence-corrected chi connectivity index (χ1v) is 6.01. The fraction of sp³-hybridized carbons (Fsp3) is 0.200. The Bertz CT molecular complexity index is 569. The van der Waals surface area contributed by atoms with Crippen LogP contribution < -0.4 is 5.32 Å².